The molecule has 3 heterocycles. The Balaban J connectivity index is 1.71. The first kappa shape index (κ1) is 18.9. The van der Waals surface area contributed by atoms with E-state index in [9.17, 15) is 5.11 Å². The van der Waals surface area contributed by atoms with Crippen LogP contribution in [0.5, 0.6) is 5.88 Å². The van der Waals surface area contributed by atoms with Crippen LogP contribution in [0.1, 0.15) is 11.5 Å². The van der Waals surface area contributed by atoms with Crippen LogP contribution in [0.25, 0.3) is 28.2 Å². The summed E-state index contributed by atoms with van der Waals surface area (Å²) in [5.41, 5.74) is 5.64. The van der Waals surface area contributed by atoms with E-state index in [4.69, 9.17) is 14.4 Å². The van der Waals surface area contributed by atoms with Gasteiger partial charge in [-0.05, 0) is 24.3 Å². The predicted molar refractivity (Wildman–Crippen MR) is 121 cm³/mol. The lowest BCUT2D eigenvalue weighted by atomic mass is 10.1. The minimum atomic E-state index is 0.0946. The van der Waals surface area contributed by atoms with Crippen molar-refractivity contribution in [3.8, 4) is 28.4 Å². The molecule has 0 saturated carbocycles. The molecule has 0 spiro atoms. The molecule has 0 atom stereocenters. The van der Waals surface area contributed by atoms with E-state index >= 15 is 0 Å². The molecule has 2 aromatic carbocycles. The van der Waals surface area contributed by atoms with Crippen LogP contribution in [0.3, 0.4) is 0 Å². The third-order valence-electron chi connectivity index (χ3n) is 5.30. The lowest BCUT2D eigenvalue weighted by Gasteiger charge is -2.13. The van der Waals surface area contributed by atoms with E-state index in [1.165, 1.54) is 0 Å². The van der Waals surface area contributed by atoms with E-state index in [0.29, 0.717) is 23.5 Å². The zero-order valence-corrected chi connectivity index (χ0v) is 17.4. The number of aromatic nitrogens is 3. The van der Waals surface area contributed by atoms with Crippen LogP contribution in [-0.4, -0.2) is 33.6 Å². The monoisotopic (exact) mass is 410 g/mol. The molecule has 31 heavy (non-hydrogen) atoms. The normalized spacial score (nSPS) is 11.2. The molecule has 0 aliphatic carbocycles. The minimum Gasteiger partial charge on any atom is -0.493 e. The summed E-state index contributed by atoms with van der Waals surface area (Å²) < 4.78 is 7.16. The number of nitrogens with zero attached hydrogens (tertiary/aromatic N) is 4. The minimum absolute atomic E-state index is 0.0946. The van der Waals surface area contributed by atoms with Crippen LogP contribution in [0.15, 0.2) is 83.6 Å². The van der Waals surface area contributed by atoms with Gasteiger partial charge >= 0.3 is 0 Å². The second-order valence-electron chi connectivity index (χ2n) is 7.61. The number of benzene rings is 2. The van der Waals surface area contributed by atoms with E-state index in [-0.39, 0.29) is 5.88 Å². The Morgan fingerprint density at radius 3 is 2.35 bits per heavy atom. The van der Waals surface area contributed by atoms with Gasteiger partial charge in [0.2, 0.25) is 5.88 Å². The first-order valence-electron chi connectivity index (χ1n) is 10.1. The third kappa shape index (κ3) is 3.53. The van der Waals surface area contributed by atoms with Crippen molar-refractivity contribution in [1.82, 2.24) is 14.4 Å². The highest BCUT2D eigenvalue weighted by molar-refractivity contribution is 5.78. The molecule has 0 bridgehead atoms. The summed E-state index contributed by atoms with van der Waals surface area (Å²) in [6.45, 7) is 0. The van der Waals surface area contributed by atoms with Crippen LogP contribution in [-0.2, 0) is 6.42 Å². The second-order valence-corrected chi connectivity index (χ2v) is 7.61. The van der Waals surface area contributed by atoms with E-state index in [1.54, 1.807) is 10.7 Å². The van der Waals surface area contributed by atoms with Gasteiger partial charge in [-0.15, -0.1) is 0 Å². The van der Waals surface area contributed by atoms with E-state index in [1.807, 2.05) is 74.9 Å². The Labute approximate surface area is 180 Å². The average Bonchev–Trinajstić information content (AvgIpc) is 3.42. The predicted octanol–water partition coefficient (Wildman–Crippen LogP) is 5.02. The quantitative estimate of drug-likeness (QED) is 0.441. The number of rotatable bonds is 5. The number of imidazole rings is 1. The van der Waals surface area contributed by atoms with Crippen LogP contribution in [0.2, 0.25) is 0 Å². The number of furan rings is 1. The standard InChI is InChI=1S/C25H22N4O2/c1-28(2)19-12-10-18(11-13-19)23-24-27-21(15-20-9-6-14-31-20)25(30)29(24)16-22(26-23)17-7-4-3-5-8-17/h3-14,16,30H,15H2,1-2H3. The Morgan fingerprint density at radius 2 is 1.68 bits per heavy atom. The molecule has 1 N–H and O–H groups in total. The fraction of sp³-hybridized carbons (Fsp3) is 0.120. The van der Waals surface area contributed by atoms with Gasteiger partial charge in [0.25, 0.3) is 0 Å². The summed E-state index contributed by atoms with van der Waals surface area (Å²) in [6.07, 6.45) is 3.85. The van der Waals surface area contributed by atoms with Gasteiger partial charge in [0.15, 0.2) is 5.65 Å². The smallest absolute Gasteiger partial charge is 0.219 e. The Morgan fingerprint density at radius 1 is 0.903 bits per heavy atom. The molecule has 0 saturated heterocycles. The summed E-state index contributed by atoms with van der Waals surface area (Å²) in [5, 5.41) is 11.0. The van der Waals surface area contributed by atoms with Gasteiger partial charge in [0.1, 0.15) is 17.1 Å². The lowest BCUT2D eigenvalue weighted by Crippen LogP contribution is -2.08. The van der Waals surface area contributed by atoms with Gasteiger partial charge in [0, 0.05) is 37.1 Å². The molecule has 0 aliphatic rings. The van der Waals surface area contributed by atoms with E-state index < -0.39 is 0 Å². The fourth-order valence-electron chi connectivity index (χ4n) is 3.64. The van der Waals surface area contributed by atoms with Gasteiger partial charge in [-0.25, -0.2) is 9.97 Å². The second kappa shape index (κ2) is 7.65. The highest BCUT2D eigenvalue weighted by Crippen LogP contribution is 2.32. The van der Waals surface area contributed by atoms with E-state index in [2.05, 4.69) is 17.0 Å². The van der Waals surface area contributed by atoms with Crippen molar-refractivity contribution in [1.29, 1.82) is 0 Å². The molecule has 0 aliphatic heterocycles. The summed E-state index contributed by atoms with van der Waals surface area (Å²) in [6, 6.07) is 21.8. The van der Waals surface area contributed by atoms with Gasteiger partial charge in [-0.2, -0.15) is 0 Å². The maximum Gasteiger partial charge on any atom is 0.219 e. The molecule has 6 heteroatoms. The Kier molecular flexibility index (Phi) is 4.67. The van der Waals surface area contributed by atoms with Crippen molar-refractivity contribution >= 4 is 11.3 Å². The van der Waals surface area contributed by atoms with Gasteiger partial charge in [-0.1, -0.05) is 42.5 Å². The molecule has 5 aromatic rings. The van der Waals surface area contributed by atoms with Crippen molar-refractivity contribution in [2.75, 3.05) is 19.0 Å². The van der Waals surface area contributed by atoms with Crippen molar-refractivity contribution in [3.63, 3.8) is 0 Å². The lowest BCUT2D eigenvalue weighted by molar-refractivity contribution is 0.438. The van der Waals surface area contributed by atoms with Crippen LogP contribution < -0.4 is 4.90 Å². The highest BCUT2D eigenvalue weighted by Gasteiger charge is 2.19. The van der Waals surface area contributed by atoms with Crippen LogP contribution >= 0.6 is 0 Å². The van der Waals surface area contributed by atoms with Crippen molar-refractivity contribution < 1.29 is 9.52 Å². The van der Waals surface area contributed by atoms with Crippen LogP contribution in [0, 0.1) is 0 Å². The summed E-state index contributed by atoms with van der Waals surface area (Å²) in [7, 11) is 4.02. The molecular weight excluding hydrogens is 388 g/mol. The zero-order chi connectivity index (χ0) is 21.4. The third-order valence-corrected chi connectivity index (χ3v) is 5.30. The number of anilines is 1. The molecule has 0 fully saturated rings. The maximum atomic E-state index is 11.0. The van der Waals surface area contributed by atoms with E-state index in [0.717, 1.165) is 28.3 Å². The molecule has 3 aromatic heterocycles. The number of hydrogen-bond acceptors (Lipinski definition) is 5. The Hall–Kier alpha value is -4.06. The summed E-state index contributed by atoms with van der Waals surface area (Å²) in [4.78, 5) is 11.7. The largest absolute Gasteiger partial charge is 0.493 e. The molecule has 154 valence electrons. The first-order chi connectivity index (χ1) is 15.1. The van der Waals surface area contributed by atoms with Gasteiger partial charge < -0.3 is 14.4 Å². The number of aromatic hydroxyl groups is 1. The molecule has 0 radical (unpaired) electrons. The molecule has 5 rings (SSSR count). The molecule has 6 nitrogen and oxygen atoms in total. The molecular formula is C25H22N4O2. The molecule has 0 amide bonds. The molecule has 0 unspecified atom stereocenters. The fourth-order valence-corrected chi connectivity index (χ4v) is 3.64. The van der Waals surface area contributed by atoms with Gasteiger partial charge in [0.05, 0.1) is 18.4 Å². The summed E-state index contributed by atoms with van der Waals surface area (Å²) >= 11 is 0. The zero-order valence-electron chi connectivity index (χ0n) is 17.4. The van der Waals surface area contributed by atoms with Gasteiger partial charge in [-0.3, -0.25) is 4.40 Å². The van der Waals surface area contributed by atoms with Crippen LogP contribution in [0.4, 0.5) is 5.69 Å². The van der Waals surface area contributed by atoms with Crippen molar-refractivity contribution in [2.24, 2.45) is 0 Å². The topological polar surface area (TPSA) is 66.8 Å². The van der Waals surface area contributed by atoms with Crippen molar-refractivity contribution in [2.45, 2.75) is 6.42 Å². The SMILES string of the molecule is CN(C)c1ccc(-c2nc(-c3ccccc3)cn3c(O)c(Cc4ccco4)nc23)cc1. The first-order valence-corrected chi connectivity index (χ1v) is 10.1. The van der Waals surface area contributed by atoms with Crippen molar-refractivity contribution in [3.05, 3.63) is 90.6 Å². The highest BCUT2D eigenvalue weighted by atomic mass is 16.3. The Bertz CT molecular complexity index is 1320. The maximum absolute atomic E-state index is 11.0. The average molecular weight is 410 g/mol. The summed E-state index contributed by atoms with van der Waals surface area (Å²) in [5.74, 6) is 0.837. The number of fused-ring (bicyclic) bond motifs is 1. The number of hydrogen-bond donors (Lipinski definition) is 1.